The number of benzene rings is 2. The molecule has 0 aromatic heterocycles. The van der Waals surface area contributed by atoms with Gasteiger partial charge in [-0.2, -0.15) is 0 Å². The van der Waals surface area contributed by atoms with Crippen LogP contribution in [0.25, 0.3) is 0 Å². The van der Waals surface area contributed by atoms with E-state index in [1.807, 2.05) is 55.5 Å². The monoisotopic (exact) mass is 687 g/mol. The van der Waals surface area contributed by atoms with Crippen LogP contribution in [0.4, 0.5) is 0 Å². The van der Waals surface area contributed by atoms with E-state index in [-0.39, 0.29) is 55.7 Å². The molecule has 0 radical (unpaired) electrons. The molecule has 3 heterocycles. The summed E-state index contributed by atoms with van der Waals surface area (Å²) < 4.78 is 12.1. The number of likely N-dealkylation sites (tertiary alicyclic amines) is 1. The fraction of sp³-hybridized carbons (Fsp3) is 0.590. The third-order valence-corrected chi connectivity index (χ3v) is 10.9. The highest BCUT2D eigenvalue weighted by Crippen LogP contribution is 2.48. The van der Waals surface area contributed by atoms with Crippen molar-refractivity contribution in [2.45, 2.75) is 89.4 Å². The van der Waals surface area contributed by atoms with Crippen LogP contribution in [-0.2, 0) is 36.9 Å². The van der Waals surface area contributed by atoms with Crippen LogP contribution in [-0.4, -0.2) is 98.1 Å². The van der Waals surface area contributed by atoms with Gasteiger partial charge in [-0.3, -0.25) is 19.2 Å². The largest absolute Gasteiger partial charge is 0.494 e. The van der Waals surface area contributed by atoms with Crippen LogP contribution >= 0.6 is 0 Å². The first-order chi connectivity index (χ1) is 24.1. The lowest BCUT2D eigenvalue weighted by Crippen LogP contribution is -2.62. The van der Waals surface area contributed by atoms with E-state index < -0.39 is 18.0 Å². The van der Waals surface area contributed by atoms with Gasteiger partial charge in [0.15, 0.2) is 0 Å². The van der Waals surface area contributed by atoms with Crippen molar-refractivity contribution in [1.29, 1.82) is 0 Å². The number of piperidine rings is 1. The molecule has 2 aromatic rings. The number of rotatable bonds is 8. The number of aryl methyl sites for hydroxylation is 2. The quantitative estimate of drug-likeness (QED) is 0.389. The van der Waals surface area contributed by atoms with Crippen LogP contribution in [0.15, 0.2) is 48.5 Å². The lowest BCUT2D eigenvalue weighted by atomic mass is 9.62. The predicted molar refractivity (Wildman–Crippen MR) is 189 cm³/mol. The Bertz CT molecular complexity index is 1500. The van der Waals surface area contributed by atoms with Crippen LogP contribution in [0.1, 0.15) is 68.1 Å². The van der Waals surface area contributed by atoms with Gasteiger partial charge in [-0.25, -0.2) is 0 Å². The first kappa shape index (κ1) is 35.9. The molecule has 3 aliphatic heterocycles. The van der Waals surface area contributed by atoms with Crippen LogP contribution < -0.4 is 20.7 Å². The molecule has 6 rings (SSSR count). The molecule has 2 saturated heterocycles. The van der Waals surface area contributed by atoms with E-state index in [1.54, 1.807) is 4.90 Å². The Labute approximate surface area is 295 Å². The van der Waals surface area contributed by atoms with Gasteiger partial charge in [-0.1, -0.05) is 36.4 Å². The van der Waals surface area contributed by atoms with Gasteiger partial charge in [0, 0.05) is 44.6 Å². The Morgan fingerprint density at radius 2 is 1.86 bits per heavy atom. The molecule has 1 unspecified atom stereocenters. The minimum atomic E-state index is -1.12. The van der Waals surface area contributed by atoms with Crippen molar-refractivity contribution in [1.82, 2.24) is 25.8 Å². The number of carbonyl (C=O) groups excluding carboxylic acids is 4. The van der Waals surface area contributed by atoms with E-state index in [0.717, 1.165) is 67.6 Å². The summed E-state index contributed by atoms with van der Waals surface area (Å²) in [6.45, 7) is 6.42. The Hall–Kier alpha value is -3.96. The third kappa shape index (κ3) is 9.42. The Morgan fingerprint density at radius 3 is 2.64 bits per heavy atom. The van der Waals surface area contributed by atoms with Crippen molar-refractivity contribution in [3.63, 3.8) is 0 Å². The van der Waals surface area contributed by atoms with Gasteiger partial charge in [0.1, 0.15) is 17.8 Å². The summed E-state index contributed by atoms with van der Waals surface area (Å²) in [6, 6.07) is 13.7. The third-order valence-electron chi connectivity index (χ3n) is 10.9. The van der Waals surface area contributed by atoms with Gasteiger partial charge in [0.05, 0.1) is 25.7 Å². The molecule has 270 valence electrons. The molecule has 2 aromatic carbocycles. The maximum atomic E-state index is 14.0. The van der Waals surface area contributed by atoms with E-state index in [9.17, 15) is 19.2 Å². The molecule has 1 saturated carbocycles. The summed E-state index contributed by atoms with van der Waals surface area (Å²) in [6.07, 6.45) is 5.66. The highest BCUT2D eigenvalue weighted by Gasteiger charge is 2.51. The van der Waals surface area contributed by atoms with E-state index in [2.05, 4.69) is 27.9 Å². The fourth-order valence-electron chi connectivity index (χ4n) is 8.08. The van der Waals surface area contributed by atoms with Crippen LogP contribution in [0.5, 0.6) is 5.75 Å². The molecule has 11 nitrogen and oxygen atoms in total. The van der Waals surface area contributed by atoms with Gasteiger partial charge in [0.25, 0.3) is 0 Å². The summed E-state index contributed by atoms with van der Waals surface area (Å²) in [5.41, 5.74) is 3.38. The van der Waals surface area contributed by atoms with Gasteiger partial charge in [-0.15, -0.1) is 0 Å². The first-order valence-corrected chi connectivity index (χ1v) is 18.4. The average molecular weight is 688 g/mol. The summed E-state index contributed by atoms with van der Waals surface area (Å²) in [5, 5.41) is 8.76. The van der Waals surface area contributed by atoms with Crippen LogP contribution in [0.3, 0.4) is 0 Å². The Morgan fingerprint density at radius 1 is 1.06 bits per heavy atom. The average Bonchev–Trinajstić information content (AvgIpc) is 3.08. The number of nitrogens with zero attached hydrogens (tertiary/aromatic N) is 2. The van der Waals surface area contributed by atoms with E-state index in [4.69, 9.17) is 9.47 Å². The zero-order valence-electron chi connectivity index (χ0n) is 29.6. The minimum absolute atomic E-state index is 0.0868. The molecule has 1 spiro atoms. The normalized spacial score (nSPS) is 24.9. The lowest BCUT2D eigenvalue weighted by Gasteiger charge is -2.57. The maximum Gasteiger partial charge on any atom is 0.243 e. The minimum Gasteiger partial charge on any atom is -0.494 e. The van der Waals surface area contributed by atoms with Crippen molar-refractivity contribution in [2.75, 3.05) is 46.4 Å². The second-order valence-corrected chi connectivity index (χ2v) is 15.0. The molecule has 3 N–H and O–H groups in total. The SMILES string of the molecule is Cc1ccc2cc1CNC(=O)[C@H](CCc1ccccc1)NC(=O)[C@@H](NC(=O)CCOC1CC3(C1)CN(C)C3)CC(=O)N1CCCC(CCO2)C1. The lowest BCUT2D eigenvalue weighted by molar-refractivity contribution is -0.147. The van der Waals surface area contributed by atoms with Crippen molar-refractivity contribution in [3.05, 3.63) is 65.2 Å². The van der Waals surface area contributed by atoms with Gasteiger partial charge in [-0.05, 0) is 93.7 Å². The topological polar surface area (TPSA) is 129 Å². The number of hydrogen-bond acceptors (Lipinski definition) is 7. The highest BCUT2D eigenvalue weighted by molar-refractivity contribution is 5.95. The molecular weight excluding hydrogens is 634 g/mol. The zero-order valence-corrected chi connectivity index (χ0v) is 29.6. The predicted octanol–water partition coefficient (Wildman–Crippen LogP) is 3.13. The highest BCUT2D eigenvalue weighted by atomic mass is 16.5. The Kier molecular flexibility index (Phi) is 11.7. The number of ether oxygens (including phenoxy) is 2. The molecule has 1 aliphatic carbocycles. The summed E-state index contributed by atoms with van der Waals surface area (Å²) >= 11 is 0. The van der Waals surface area contributed by atoms with Crippen molar-refractivity contribution < 1.29 is 28.7 Å². The number of amides is 4. The number of hydrogen-bond donors (Lipinski definition) is 3. The van der Waals surface area contributed by atoms with Crippen molar-refractivity contribution in [2.24, 2.45) is 11.3 Å². The van der Waals surface area contributed by atoms with Crippen molar-refractivity contribution in [3.8, 4) is 5.75 Å². The maximum absolute atomic E-state index is 14.0. The molecule has 50 heavy (non-hydrogen) atoms. The van der Waals surface area contributed by atoms with Gasteiger partial charge >= 0.3 is 0 Å². The van der Waals surface area contributed by atoms with Crippen molar-refractivity contribution >= 4 is 23.6 Å². The molecule has 3 atom stereocenters. The van der Waals surface area contributed by atoms with E-state index >= 15 is 0 Å². The second-order valence-electron chi connectivity index (χ2n) is 15.0. The molecule has 4 bridgehead atoms. The summed E-state index contributed by atoms with van der Waals surface area (Å²) in [7, 11) is 2.12. The zero-order chi connectivity index (χ0) is 35.1. The second kappa shape index (κ2) is 16.4. The standard InChI is InChI=1S/C39H53N5O6/c1-27-10-12-31-19-30(27)23-40-37(47)33(13-11-28-7-4-3-5-8-28)42-38(48)34(20-36(46)44-16-6-9-29(24-44)14-17-49-31)41-35(45)15-18-50-32-21-39(22-32)25-43(2)26-39/h3-5,7-8,10,12,19,29,32-34H,6,9,11,13-18,20-26H2,1-2H3,(H,40,47)(H,41,45)(H,42,48)/t29?,33-,34-/m0/s1. The number of nitrogens with one attached hydrogen (secondary N) is 3. The van der Waals surface area contributed by atoms with Crippen LogP contribution in [0, 0.1) is 18.3 Å². The van der Waals surface area contributed by atoms with Crippen LogP contribution in [0.2, 0.25) is 0 Å². The first-order valence-electron chi connectivity index (χ1n) is 18.4. The molecule has 11 heteroatoms. The molecule has 3 fully saturated rings. The summed E-state index contributed by atoms with van der Waals surface area (Å²) in [4.78, 5) is 58.7. The fourth-order valence-corrected chi connectivity index (χ4v) is 8.08. The summed E-state index contributed by atoms with van der Waals surface area (Å²) in [5.74, 6) is -0.398. The molecular formula is C39H53N5O6. The molecule has 4 amide bonds. The molecule has 4 aliphatic rings. The number of carbonyl (C=O) groups is 4. The van der Waals surface area contributed by atoms with Gasteiger partial charge < -0.3 is 35.2 Å². The number of fused-ring (bicyclic) bond motifs is 4. The van der Waals surface area contributed by atoms with E-state index in [1.165, 1.54) is 0 Å². The smallest absolute Gasteiger partial charge is 0.243 e. The van der Waals surface area contributed by atoms with Gasteiger partial charge in [0.2, 0.25) is 23.6 Å². The van der Waals surface area contributed by atoms with E-state index in [0.29, 0.717) is 38.0 Å². The Balaban J connectivity index is 1.15.